The first kappa shape index (κ1) is 14.2. The van der Waals surface area contributed by atoms with Crippen molar-refractivity contribution in [2.75, 3.05) is 40.0 Å². The minimum Gasteiger partial charge on any atom is -0.486 e. The zero-order valence-electron chi connectivity index (χ0n) is 11.8. The van der Waals surface area contributed by atoms with Crippen molar-refractivity contribution < 1.29 is 14.2 Å². The van der Waals surface area contributed by atoms with Gasteiger partial charge in [0.05, 0.1) is 6.61 Å². The molecule has 0 amide bonds. The summed E-state index contributed by atoms with van der Waals surface area (Å²) in [5.41, 5.74) is 1.30. The molecule has 1 unspecified atom stereocenters. The lowest BCUT2D eigenvalue weighted by molar-refractivity contribution is 0.171. The van der Waals surface area contributed by atoms with Crippen LogP contribution in [-0.2, 0) is 11.2 Å². The van der Waals surface area contributed by atoms with Gasteiger partial charge in [0.25, 0.3) is 0 Å². The summed E-state index contributed by atoms with van der Waals surface area (Å²) in [6, 6.07) is 6.23. The maximum atomic E-state index is 5.60. The van der Waals surface area contributed by atoms with Crippen LogP contribution in [0, 0.1) is 5.92 Å². The normalized spacial score (nSPS) is 15.3. The summed E-state index contributed by atoms with van der Waals surface area (Å²) >= 11 is 0. The molecule has 0 aromatic heterocycles. The monoisotopic (exact) mass is 265 g/mol. The van der Waals surface area contributed by atoms with Crippen LogP contribution in [0.4, 0.5) is 0 Å². The van der Waals surface area contributed by atoms with Crippen LogP contribution in [0.1, 0.15) is 12.5 Å². The van der Waals surface area contributed by atoms with E-state index in [1.54, 1.807) is 7.11 Å². The van der Waals surface area contributed by atoms with Crippen molar-refractivity contribution in [3.8, 4) is 11.5 Å². The van der Waals surface area contributed by atoms with E-state index in [1.165, 1.54) is 5.56 Å². The largest absolute Gasteiger partial charge is 0.486 e. The molecule has 1 aromatic carbocycles. The molecule has 1 aliphatic rings. The Bertz CT molecular complexity index is 395. The van der Waals surface area contributed by atoms with Crippen molar-refractivity contribution in [3.63, 3.8) is 0 Å². The second kappa shape index (κ2) is 7.36. The fourth-order valence-corrected chi connectivity index (χ4v) is 2.21. The quantitative estimate of drug-likeness (QED) is 0.764. The second-order valence-corrected chi connectivity index (χ2v) is 4.98. The molecule has 0 bridgehead atoms. The predicted molar refractivity (Wildman–Crippen MR) is 75.0 cm³/mol. The predicted octanol–water partition coefficient (Wildman–Crippen LogP) is 1.87. The minimum atomic E-state index is 0.583. The molecule has 106 valence electrons. The Kier molecular flexibility index (Phi) is 5.48. The molecule has 1 heterocycles. The zero-order chi connectivity index (χ0) is 13.5. The number of methoxy groups -OCH3 is 1. The Morgan fingerprint density at radius 2 is 2.05 bits per heavy atom. The molecule has 0 aliphatic carbocycles. The average Bonchev–Trinajstić information content (AvgIpc) is 2.43. The highest BCUT2D eigenvalue weighted by Gasteiger charge is 2.12. The van der Waals surface area contributed by atoms with E-state index in [9.17, 15) is 0 Å². The van der Waals surface area contributed by atoms with Gasteiger partial charge >= 0.3 is 0 Å². The number of ether oxygens (including phenoxy) is 3. The second-order valence-electron chi connectivity index (χ2n) is 4.98. The first-order chi connectivity index (χ1) is 9.29. The number of nitrogens with one attached hydrogen (secondary N) is 1. The van der Waals surface area contributed by atoms with Gasteiger partial charge in [-0.1, -0.05) is 13.0 Å². The van der Waals surface area contributed by atoms with Crippen LogP contribution in [0.5, 0.6) is 11.5 Å². The van der Waals surface area contributed by atoms with Gasteiger partial charge in [0, 0.05) is 13.7 Å². The summed E-state index contributed by atoms with van der Waals surface area (Å²) in [4.78, 5) is 0. The van der Waals surface area contributed by atoms with E-state index in [0.717, 1.165) is 37.6 Å². The van der Waals surface area contributed by atoms with E-state index >= 15 is 0 Å². The van der Waals surface area contributed by atoms with Crippen LogP contribution in [0.25, 0.3) is 0 Å². The lowest BCUT2D eigenvalue weighted by Crippen LogP contribution is -2.25. The smallest absolute Gasteiger partial charge is 0.161 e. The van der Waals surface area contributed by atoms with E-state index in [2.05, 4.69) is 24.4 Å². The number of hydrogen-bond donors (Lipinski definition) is 1. The van der Waals surface area contributed by atoms with Gasteiger partial charge in [-0.25, -0.2) is 0 Å². The Morgan fingerprint density at radius 3 is 2.84 bits per heavy atom. The third-order valence-corrected chi connectivity index (χ3v) is 3.17. The molecule has 0 saturated heterocycles. The first-order valence-electron chi connectivity index (χ1n) is 6.88. The summed E-state index contributed by atoms with van der Waals surface area (Å²) in [6.07, 6.45) is 1.04. The fraction of sp³-hybridized carbons (Fsp3) is 0.600. The number of hydrogen-bond acceptors (Lipinski definition) is 4. The minimum absolute atomic E-state index is 0.583. The highest BCUT2D eigenvalue weighted by Crippen LogP contribution is 2.31. The maximum absolute atomic E-state index is 5.60. The van der Waals surface area contributed by atoms with Crippen LogP contribution in [0.15, 0.2) is 18.2 Å². The number of rotatable bonds is 7. The standard InChI is InChI=1S/C15H23NO3/c1-12(11-16-5-6-17-2)9-13-3-4-14-15(10-13)19-8-7-18-14/h3-4,10,12,16H,5-9,11H2,1-2H3. The van der Waals surface area contributed by atoms with Crippen molar-refractivity contribution >= 4 is 0 Å². The molecule has 0 spiro atoms. The van der Waals surface area contributed by atoms with Gasteiger partial charge < -0.3 is 19.5 Å². The van der Waals surface area contributed by atoms with Crippen LogP contribution in [0.3, 0.4) is 0 Å². The third-order valence-electron chi connectivity index (χ3n) is 3.17. The maximum Gasteiger partial charge on any atom is 0.161 e. The Labute approximate surface area is 115 Å². The van der Waals surface area contributed by atoms with E-state index in [1.807, 2.05) is 6.07 Å². The van der Waals surface area contributed by atoms with E-state index < -0.39 is 0 Å². The summed E-state index contributed by atoms with van der Waals surface area (Å²) < 4.78 is 16.1. The Morgan fingerprint density at radius 1 is 1.26 bits per heavy atom. The molecule has 1 aliphatic heterocycles. The van der Waals surface area contributed by atoms with Crippen molar-refractivity contribution in [1.82, 2.24) is 5.32 Å². The van der Waals surface area contributed by atoms with Crippen molar-refractivity contribution in [3.05, 3.63) is 23.8 Å². The first-order valence-corrected chi connectivity index (χ1v) is 6.88. The molecule has 1 N–H and O–H groups in total. The summed E-state index contributed by atoms with van der Waals surface area (Å²) in [7, 11) is 1.72. The topological polar surface area (TPSA) is 39.7 Å². The van der Waals surface area contributed by atoms with Gasteiger partial charge in [0.1, 0.15) is 13.2 Å². The summed E-state index contributed by atoms with van der Waals surface area (Å²) in [5, 5.41) is 3.39. The van der Waals surface area contributed by atoms with Gasteiger partial charge in [-0.3, -0.25) is 0 Å². The van der Waals surface area contributed by atoms with Gasteiger partial charge in [-0.15, -0.1) is 0 Å². The highest BCUT2D eigenvalue weighted by atomic mass is 16.6. The van der Waals surface area contributed by atoms with Gasteiger partial charge in [0.2, 0.25) is 0 Å². The summed E-state index contributed by atoms with van der Waals surface area (Å²) in [5.74, 6) is 2.32. The lowest BCUT2D eigenvalue weighted by atomic mass is 10.0. The van der Waals surface area contributed by atoms with Crippen LogP contribution < -0.4 is 14.8 Å². The van der Waals surface area contributed by atoms with Gasteiger partial charge in [-0.05, 0) is 36.6 Å². The van der Waals surface area contributed by atoms with Crippen molar-refractivity contribution in [2.24, 2.45) is 5.92 Å². The van der Waals surface area contributed by atoms with Crippen LogP contribution in [-0.4, -0.2) is 40.0 Å². The fourth-order valence-electron chi connectivity index (χ4n) is 2.21. The lowest BCUT2D eigenvalue weighted by Gasteiger charge is -2.19. The molecule has 1 atom stereocenters. The molecule has 0 saturated carbocycles. The van der Waals surface area contributed by atoms with E-state index in [0.29, 0.717) is 19.1 Å². The average molecular weight is 265 g/mol. The molecular weight excluding hydrogens is 242 g/mol. The molecule has 0 radical (unpaired) electrons. The molecule has 4 heteroatoms. The van der Waals surface area contributed by atoms with Crippen molar-refractivity contribution in [1.29, 1.82) is 0 Å². The molecular formula is C15H23NO3. The number of fused-ring (bicyclic) bond motifs is 1. The molecule has 0 fully saturated rings. The third kappa shape index (κ3) is 4.40. The molecule has 19 heavy (non-hydrogen) atoms. The molecule has 2 rings (SSSR count). The van der Waals surface area contributed by atoms with Gasteiger partial charge in [-0.2, -0.15) is 0 Å². The van der Waals surface area contributed by atoms with E-state index in [-0.39, 0.29) is 0 Å². The molecule has 1 aromatic rings. The Balaban J connectivity index is 1.81. The van der Waals surface area contributed by atoms with Crippen LogP contribution in [0.2, 0.25) is 0 Å². The van der Waals surface area contributed by atoms with Crippen molar-refractivity contribution in [2.45, 2.75) is 13.3 Å². The van der Waals surface area contributed by atoms with Crippen LogP contribution >= 0.6 is 0 Å². The zero-order valence-corrected chi connectivity index (χ0v) is 11.8. The number of benzene rings is 1. The van der Waals surface area contributed by atoms with E-state index in [4.69, 9.17) is 14.2 Å². The van der Waals surface area contributed by atoms with Gasteiger partial charge in [0.15, 0.2) is 11.5 Å². The Hall–Kier alpha value is -1.26. The SMILES string of the molecule is COCCNCC(C)Cc1ccc2c(c1)OCCO2. The highest BCUT2D eigenvalue weighted by molar-refractivity contribution is 5.43. The molecule has 4 nitrogen and oxygen atoms in total. The summed E-state index contributed by atoms with van der Waals surface area (Å²) in [6.45, 7) is 6.20.